The van der Waals surface area contributed by atoms with E-state index in [2.05, 4.69) is 31.2 Å². The summed E-state index contributed by atoms with van der Waals surface area (Å²) in [5.41, 5.74) is 4.61. The first-order valence-corrected chi connectivity index (χ1v) is 10.5. The summed E-state index contributed by atoms with van der Waals surface area (Å²) in [5.74, 6) is 1.12. The van der Waals surface area contributed by atoms with Gasteiger partial charge in [-0.1, -0.05) is 94.0 Å². The number of rotatable bonds is 8. The maximum Gasteiger partial charge on any atom is 0.307 e. The Balaban J connectivity index is 1.49. The van der Waals surface area contributed by atoms with Crippen molar-refractivity contribution in [2.45, 2.75) is 64.7 Å². The topological polar surface area (TPSA) is 37.3 Å². The van der Waals surface area contributed by atoms with Crippen LogP contribution in [0.5, 0.6) is 0 Å². The van der Waals surface area contributed by atoms with Gasteiger partial charge in [-0.2, -0.15) is 0 Å². The molecule has 1 N–H and O–H groups in total. The molecule has 0 aliphatic heterocycles. The highest BCUT2D eigenvalue weighted by molar-refractivity contribution is 5.71. The molecular formula is C25H32O2. The molecule has 0 heterocycles. The Hall–Kier alpha value is -2.09. The smallest absolute Gasteiger partial charge is 0.307 e. The second-order valence-electron chi connectivity index (χ2n) is 8.18. The Labute approximate surface area is 163 Å². The fourth-order valence-corrected chi connectivity index (χ4v) is 4.44. The van der Waals surface area contributed by atoms with Gasteiger partial charge in [0.2, 0.25) is 0 Å². The molecule has 3 rings (SSSR count). The van der Waals surface area contributed by atoms with E-state index in [1.54, 1.807) is 0 Å². The first kappa shape index (κ1) is 19.7. The van der Waals surface area contributed by atoms with Gasteiger partial charge in [-0.15, -0.1) is 0 Å². The second kappa shape index (κ2) is 9.73. The van der Waals surface area contributed by atoms with Crippen molar-refractivity contribution in [2.24, 2.45) is 11.8 Å². The average Bonchev–Trinajstić information content (AvgIpc) is 2.68. The third-order valence-electron chi connectivity index (χ3n) is 6.10. The quantitative estimate of drug-likeness (QED) is 0.579. The number of hydrogen-bond donors (Lipinski definition) is 1. The minimum Gasteiger partial charge on any atom is -0.481 e. The molecule has 0 amide bonds. The van der Waals surface area contributed by atoms with Gasteiger partial charge in [0.1, 0.15) is 0 Å². The predicted molar refractivity (Wildman–Crippen MR) is 112 cm³/mol. The molecule has 1 fully saturated rings. The second-order valence-corrected chi connectivity index (χ2v) is 8.18. The zero-order valence-corrected chi connectivity index (χ0v) is 16.5. The SMILES string of the molecule is CCCC1CCC(CCc2ccc(-c3ccc(CC(=O)O)cc3)cc2)CC1. The van der Waals surface area contributed by atoms with Gasteiger partial charge >= 0.3 is 5.97 Å². The van der Waals surface area contributed by atoms with E-state index in [0.717, 1.165) is 23.0 Å². The Morgan fingerprint density at radius 2 is 1.30 bits per heavy atom. The van der Waals surface area contributed by atoms with Gasteiger partial charge in [0.25, 0.3) is 0 Å². The van der Waals surface area contributed by atoms with Gasteiger partial charge in [0.05, 0.1) is 6.42 Å². The number of aliphatic carboxylic acids is 1. The fourth-order valence-electron chi connectivity index (χ4n) is 4.44. The molecule has 0 aromatic heterocycles. The van der Waals surface area contributed by atoms with Gasteiger partial charge in [0, 0.05) is 0 Å². The third-order valence-corrected chi connectivity index (χ3v) is 6.10. The summed E-state index contributed by atoms with van der Waals surface area (Å²) in [6, 6.07) is 16.7. The van der Waals surface area contributed by atoms with E-state index in [0.29, 0.717) is 0 Å². The molecule has 0 spiro atoms. The summed E-state index contributed by atoms with van der Waals surface area (Å²) >= 11 is 0. The largest absolute Gasteiger partial charge is 0.481 e. The van der Waals surface area contributed by atoms with E-state index in [-0.39, 0.29) is 6.42 Å². The van der Waals surface area contributed by atoms with Gasteiger partial charge in [0.15, 0.2) is 0 Å². The summed E-state index contributed by atoms with van der Waals surface area (Å²) in [6.45, 7) is 2.31. The first-order valence-electron chi connectivity index (χ1n) is 10.5. The third kappa shape index (κ3) is 5.95. The maximum absolute atomic E-state index is 10.8. The van der Waals surface area contributed by atoms with Gasteiger partial charge in [-0.3, -0.25) is 4.79 Å². The number of carboxylic acid groups (broad SMARTS) is 1. The molecule has 1 aliphatic carbocycles. The van der Waals surface area contributed by atoms with Gasteiger partial charge in [-0.05, 0) is 46.9 Å². The van der Waals surface area contributed by atoms with Crippen molar-refractivity contribution >= 4 is 5.97 Å². The summed E-state index contributed by atoms with van der Waals surface area (Å²) in [6.07, 6.45) is 11.1. The van der Waals surface area contributed by atoms with Crippen molar-refractivity contribution in [2.75, 3.05) is 0 Å². The molecular weight excluding hydrogens is 332 g/mol. The summed E-state index contributed by atoms with van der Waals surface area (Å²) in [5, 5.41) is 8.87. The van der Waals surface area contributed by atoms with E-state index < -0.39 is 5.97 Å². The minimum absolute atomic E-state index is 0.0829. The van der Waals surface area contributed by atoms with Crippen molar-refractivity contribution in [3.8, 4) is 11.1 Å². The lowest BCUT2D eigenvalue weighted by Crippen LogP contribution is -2.15. The number of aryl methyl sites for hydroxylation is 1. The van der Waals surface area contributed by atoms with Crippen LogP contribution in [0.4, 0.5) is 0 Å². The van der Waals surface area contributed by atoms with Crippen LogP contribution >= 0.6 is 0 Å². The number of hydrogen-bond acceptors (Lipinski definition) is 1. The van der Waals surface area contributed by atoms with Crippen molar-refractivity contribution < 1.29 is 9.90 Å². The van der Waals surface area contributed by atoms with Crippen molar-refractivity contribution in [3.63, 3.8) is 0 Å². The highest BCUT2D eigenvalue weighted by atomic mass is 16.4. The Morgan fingerprint density at radius 1 is 0.815 bits per heavy atom. The molecule has 2 aromatic carbocycles. The fraction of sp³-hybridized carbons (Fsp3) is 0.480. The van der Waals surface area contributed by atoms with Crippen molar-refractivity contribution in [3.05, 3.63) is 59.7 Å². The monoisotopic (exact) mass is 364 g/mol. The maximum atomic E-state index is 10.8. The molecule has 144 valence electrons. The standard InChI is InChI=1S/C25H32O2/c1-2-3-19-4-6-20(7-5-19)8-9-21-10-14-23(15-11-21)24-16-12-22(13-17-24)18-25(26)27/h10-17,19-20H,2-9,18H2,1H3,(H,26,27). The van der Waals surface area contributed by atoms with E-state index in [1.165, 1.54) is 62.5 Å². The number of carbonyl (C=O) groups is 1. The Bertz CT molecular complexity index is 707. The highest BCUT2D eigenvalue weighted by Crippen LogP contribution is 2.34. The Morgan fingerprint density at radius 3 is 1.78 bits per heavy atom. The summed E-state index contributed by atoms with van der Waals surface area (Å²) in [4.78, 5) is 10.8. The Kier molecular flexibility index (Phi) is 7.09. The molecule has 1 saturated carbocycles. The number of benzene rings is 2. The number of carboxylic acids is 1. The molecule has 27 heavy (non-hydrogen) atoms. The average molecular weight is 365 g/mol. The lowest BCUT2D eigenvalue weighted by atomic mass is 9.78. The lowest BCUT2D eigenvalue weighted by Gasteiger charge is -2.28. The highest BCUT2D eigenvalue weighted by Gasteiger charge is 2.20. The van der Waals surface area contributed by atoms with Crippen molar-refractivity contribution in [1.29, 1.82) is 0 Å². The van der Waals surface area contributed by atoms with Crippen LogP contribution in [0.25, 0.3) is 11.1 Å². The molecule has 2 heteroatoms. The normalized spacial score (nSPS) is 19.7. The summed E-state index contributed by atoms with van der Waals surface area (Å²) in [7, 11) is 0. The van der Waals surface area contributed by atoms with Crippen LogP contribution in [0, 0.1) is 11.8 Å². The van der Waals surface area contributed by atoms with Crippen LogP contribution in [0.15, 0.2) is 48.5 Å². The van der Waals surface area contributed by atoms with E-state index in [4.69, 9.17) is 5.11 Å². The van der Waals surface area contributed by atoms with Crippen molar-refractivity contribution in [1.82, 2.24) is 0 Å². The molecule has 2 nitrogen and oxygen atoms in total. The zero-order chi connectivity index (χ0) is 19.1. The molecule has 0 radical (unpaired) electrons. The van der Waals surface area contributed by atoms with Crippen LogP contribution < -0.4 is 0 Å². The van der Waals surface area contributed by atoms with Crippen LogP contribution in [0.3, 0.4) is 0 Å². The lowest BCUT2D eigenvalue weighted by molar-refractivity contribution is -0.136. The van der Waals surface area contributed by atoms with Crippen LogP contribution in [0.2, 0.25) is 0 Å². The van der Waals surface area contributed by atoms with E-state index >= 15 is 0 Å². The van der Waals surface area contributed by atoms with Gasteiger partial charge in [-0.25, -0.2) is 0 Å². The molecule has 0 saturated heterocycles. The molecule has 2 aromatic rings. The minimum atomic E-state index is -0.786. The van der Waals surface area contributed by atoms with E-state index in [1.807, 2.05) is 24.3 Å². The molecule has 0 atom stereocenters. The van der Waals surface area contributed by atoms with Crippen LogP contribution in [-0.4, -0.2) is 11.1 Å². The van der Waals surface area contributed by atoms with E-state index in [9.17, 15) is 4.79 Å². The molecule has 0 unspecified atom stereocenters. The predicted octanol–water partition coefficient (Wildman–Crippen LogP) is 6.52. The first-order chi connectivity index (χ1) is 13.1. The van der Waals surface area contributed by atoms with Crippen LogP contribution in [0.1, 0.15) is 63.0 Å². The zero-order valence-electron chi connectivity index (χ0n) is 16.5. The van der Waals surface area contributed by atoms with Crippen LogP contribution in [-0.2, 0) is 17.6 Å². The molecule has 0 bridgehead atoms. The summed E-state index contributed by atoms with van der Waals surface area (Å²) < 4.78 is 0. The van der Waals surface area contributed by atoms with Gasteiger partial charge < -0.3 is 5.11 Å². The molecule has 1 aliphatic rings.